The smallest absolute Gasteiger partial charge is 0.259 e. The standard InChI is InChI=1S/C12H18N2O3S/c1-13-12(16)10-4-2-9(3-5-10)8-14-11(15)6-7-18(14)17/h6-7,9-10H,2-5,8H2,1H3,(H,13,16). The maximum atomic E-state index is 11.5. The Bertz CT molecular complexity index is 382. The molecule has 1 aliphatic carbocycles. The Labute approximate surface area is 109 Å². The van der Waals surface area contributed by atoms with Gasteiger partial charge in [-0.1, -0.05) is 0 Å². The second-order valence-corrected chi connectivity index (χ2v) is 6.08. The summed E-state index contributed by atoms with van der Waals surface area (Å²) in [5.74, 6) is 0.403. The summed E-state index contributed by atoms with van der Waals surface area (Å²) in [6, 6.07) is 0. The molecule has 18 heavy (non-hydrogen) atoms. The maximum Gasteiger partial charge on any atom is 0.259 e. The molecular formula is C12H18N2O3S. The fourth-order valence-electron chi connectivity index (χ4n) is 2.57. The van der Waals surface area contributed by atoms with E-state index in [0.29, 0.717) is 12.5 Å². The van der Waals surface area contributed by atoms with E-state index in [1.54, 1.807) is 7.05 Å². The van der Waals surface area contributed by atoms with Crippen LogP contribution in [-0.2, 0) is 20.6 Å². The molecule has 1 unspecified atom stereocenters. The first-order chi connectivity index (χ1) is 8.61. The molecule has 1 fully saturated rings. The van der Waals surface area contributed by atoms with Crippen molar-refractivity contribution in [3.63, 3.8) is 0 Å². The van der Waals surface area contributed by atoms with Crippen molar-refractivity contribution < 1.29 is 13.8 Å². The SMILES string of the molecule is CNC(=O)C1CCC(CN2C(=O)C=CS2=O)CC1. The maximum absolute atomic E-state index is 11.5. The Balaban J connectivity index is 1.82. The van der Waals surface area contributed by atoms with Crippen LogP contribution in [0.5, 0.6) is 0 Å². The van der Waals surface area contributed by atoms with Crippen molar-refractivity contribution in [2.24, 2.45) is 11.8 Å². The Morgan fingerprint density at radius 1 is 1.44 bits per heavy atom. The van der Waals surface area contributed by atoms with Gasteiger partial charge in [-0.25, -0.2) is 4.21 Å². The molecule has 5 nitrogen and oxygen atoms in total. The van der Waals surface area contributed by atoms with Crippen LogP contribution in [0.2, 0.25) is 0 Å². The highest BCUT2D eigenvalue weighted by Gasteiger charge is 2.30. The minimum absolute atomic E-state index is 0.101. The van der Waals surface area contributed by atoms with E-state index in [1.807, 2.05) is 0 Å². The van der Waals surface area contributed by atoms with E-state index in [4.69, 9.17) is 0 Å². The Hall–Kier alpha value is -1.17. The molecule has 1 N–H and O–H groups in total. The van der Waals surface area contributed by atoms with Gasteiger partial charge in [-0.2, -0.15) is 0 Å². The fourth-order valence-corrected chi connectivity index (χ4v) is 3.55. The lowest BCUT2D eigenvalue weighted by atomic mass is 9.81. The van der Waals surface area contributed by atoms with Crippen molar-refractivity contribution in [2.45, 2.75) is 25.7 Å². The Morgan fingerprint density at radius 2 is 2.11 bits per heavy atom. The number of carbonyl (C=O) groups is 2. The molecule has 0 aromatic heterocycles. The van der Waals surface area contributed by atoms with Crippen LogP contribution in [0.4, 0.5) is 0 Å². The molecule has 0 spiro atoms. The lowest BCUT2D eigenvalue weighted by molar-refractivity contribution is -0.126. The van der Waals surface area contributed by atoms with E-state index in [9.17, 15) is 13.8 Å². The fraction of sp³-hybridized carbons (Fsp3) is 0.667. The molecule has 1 atom stereocenters. The summed E-state index contributed by atoms with van der Waals surface area (Å²) in [4.78, 5) is 22.9. The van der Waals surface area contributed by atoms with Crippen molar-refractivity contribution in [3.8, 4) is 0 Å². The van der Waals surface area contributed by atoms with Crippen LogP contribution in [0.15, 0.2) is 11.5 Å². The van der Waals surface area contributed by atoms with E-state index in [1.165, 1.54) is 15.8 Å². The molecule has 1 heterocycles. The molecule has 2 amide bonds. The van der Waals surface area contributed by atoms with Crippen molar-refractivity contribution in [1.82, 2.24) is 9.62 Å². The summed E-state index contributed by atoms with van der Waals surface area (Å²) in [7, 11) is 0.371. The van der Waals surface area contributed by atoms with Crippen LogP contribution in [-0.4, -0.2) is 33.9 Å². The van der Waals surface area contributed by atoms with Gasteiger partial charge in [0.1, 0.15) is 11.0 Å². The highest BCUT2D eigenvalue weighted by molar-refractivity contribution is 7.86. The predicted molar refractivity (Wildman–Crippen MR) is 68.5 cm³/mol. The van der Waals surface area contributed by atoms with Gasteiger partial charge in [0.2, 0.25) is 5.91 Å². The molecule has 6 heteroatoms. The summed E-state index contributed by atoms with van der Waals surface area (Å²) in [5, 5.41) is 4.10. The van der Waals surface area contributed by atoms with Crippen LogP contribution in [0.25, 0.3) is 0 Å². The van der Waals surface area contributed by atoms with E-state index < -0.39 is 11.0 Å². The summed E-state index contributed by atoms with van der Waals surface area (Å²) >= 11 is 0. The normalized spacial score (nSPS) is 31.7. The number of nitrogens with one attached hydrogen (secondary N) is 1. The van der Waals surface area contributed by atoms with Gasteiger partial charge in [0.15, 0.2) is 0 Å². The van der Waals surface area contributed by atoms with Crippen LogP contribution in [0.3, 0.4) is 0 Å². The average molecular weight is 270 g/mol. The summed E-state index contributed by atoms with van der Waals surface area (Å²) in [6.45, 7) is 0.541. The topological polar surface area (TPSA) is 66.5 Å². The highest BCUT2D eigenvalue weighted by Crippen LogP contribution is 2.30. The zero-order chi connectivity index (χ0) is 13.1. The van der Waals surface area contributed by atoms with Gasteiger partial charge in [-0.3, -0.25) is 13.9 Å². The number of nitrogens with zero attached hydrogens (tertiary/aromatic N) is 1. The van der Waals surface area contributed by atoms with Gasteiger partial charge >= 0.3 is 0 Å². The van der Waals surface area contributed by atoms with Crippen molar-refractivity contribution in [3.05, 3.63) is 11.5 Å². The monoisotopic (exact) mass is 270 g/mol. The number of hydrogen-bond acceptors (Lipinski definition) is 3. The molecule has 100 valence electrons. The summed E-state index contributed by atoms with van der Waals surface area (Å²) in [5.41, 5.74) is 0. The van der Waals surface area contributed by atoms with Gasteiger partial charge in [0.25, 0.3) is 5.91 Å². The summed E-state index contributed by atoms with van der Waals surface area (Å²) < 4.78 is 13.0. The largest absolute Gasteiger partial charge is 0.359 e. The second kappa shape index (κ2) is 5.65. The number of hydrogen-bond donors (Lipinski definition) is 1. The van der Waals surface area contributed by atoms with Gasteiger partial charge in [-0.15, -0.1) is 0 Å². The minimum Gasteiger partial charge on any atom is -0.359 e. The first kappa shape index (κ1) is 13.3. The quantitative estimate of drug-likeness (QED) is 0.815. The van der Waals surface area contributed by atoms with Crippen molar-refractivity contribution in [2.75, 3.05) is 13.6 Å². The number of carbonyl (C=O) groups excluding carboxylic acids is 2. The number of amides is 2. The Kier molecular flexibility index (Phi) is 4.16. The van der Waals surface area contributed by atoms with E-state index >= 15 is 0 Å². The lowest BCUT2D eigenvalue weighted by Crippen LogP contribution is -2.36. The molecule has 0 saturated heterocycles. The van der Waals surface area contributed by atoms with Crippen LogP contribution in [0.1, 0.15) is 25.7 Å². The zero-order valence-electron chi connectivity index (χ0n) is 10.4. The predicted octanol–water partition coefficient (Wildman–Crippen LogP) is 0.558. The first-order valence-electron chi connectivity index (χ1n) is 6.23. The van der Waals surface area contributed by atoms with Crippen molar-refractivity contribution in [1.29, 1.82) is 0 Å². The number of rotatable bonds is 3. The molecular weight excluding hydrogens is 252 g/mol. The van der Waals surface area contributed by atoms with E-state index in [0.717, 1.165) is 25.7 Å². The zero-order valence-corrected chi connectivity index (χ0v) is 11.2. The average Bonchev–Trinajstić information content (AvgIpc) is 2.70. The van der Waals surface area contributed by atoms with Crippen molar-refractivity contribution >= 4 is 22.8 Å². The second-order valence-electron chi connectivity index (χ2n) is 4.81. The van der Waals surface area contributed by atoms with E-state index in [2.05, 4.69) is 5.32 Å². The van der Waals surface area contributed by atoms with Gasteiger partial charge in [0.05, 0.1) is 0 Å². The first-order valence-corrected chi connectivity index (χ1v) is 7.40. The molecule has 1 aliphatic heterocycles. The molecule has 2 rings (SSSR count). The molecule has 0 radical (unpaired) electrons. The third kappa shape index (κ3) is 2.80. The molecule has 0 aromatic rings. The highest BCUT2D eigenvalue weighted by atomic mass is 32.2. The van der Waals surface area contributed by atoms with Gasteiger partial charge < -0.3 is 5.32 Å². The lowest BCUT2D eigenvalue weighted by Gasteiger charge is -2.29. The molecule has 0 bridgehead atoms. The van der Waals surface area contributed by atoms with Gasteiger partial charge in [-0.05, 0) is 31.6 Å². The summed E-state index contributed by atoms with van der Waals surface area (Å²) in [6.07, 6.45) is 4.91. The van der Waals surface area contributed by atoms with Crippen LogP contribution < -0.4 is 5.32 Å². The van der Waals surface area contributed by atoms with Gasteiger partial charge in [0, 0.05) is 31.0 Å². The van der Waals surface area contributed by atoms with E-state index in [-0.39, 0.29) is 17.7 Å². The van der Waals surface area contributed by atoms with Crippen LogP contribution in [0, 0.1) is 11.8 Å². The minimum atomic E-state index is -1.29. The molecule has 0 aromatic carbocycles. The Morgan fingerprint density at radius 3 is 2.61 bits per heavy atom. The van der Waals surface area contributed by atoms with Crippen LogP contribution >= 0.6 is 0 Å². The molecule has 2 aliphatic rings. The third-order valence-corrected chi connectivity index (χ3v) is 4.81. The third-order valence-electron chi connectivity index (χ3n) is 3.68. The molecule has 1 saturated carbocycles.